The highest BCUT2D eigenvalue weighted by Crippen LogP contribution is 2.41. The zero-order chi connectivity index (χ0) is 20.2. The maximum Gasteiger partial charge on any atom is 0.355 e. The van der Waals surface area contributed by atoms with Crippen LogP contribution in [0.4, 0.5) is 5.95 Å². The Bertz CT molecular complexity index is 1000. The smallest absolute Gasteiger partial charge is 0.355 e. The number of anilines is 1. The summed E-state index contributed by atoms with van der Waals surface area (Å²) in [5.74, 6) is 0.657. The fourth-order valence-electron chi connectivity index (χ4n) is 3.48. The molecule has 1 aromatic heterocycles. The molecule has 0 spiro atoms. The number of aryl methyl sites for hydroxylation is 1. The van der Waals surface area contributed by atoms with E-state index in [0.717, 1.165) is 22.2 Å². The Balaban J connectivity index is 1.55. The van der Waals surface area contributed by atoms with Crippen molar-refractivity contribution < 1.29 is 14.3 Å². The van der Waals surface area contributed by atoms with Gasteiger partial charge in [-0.1, -0.05) is 12.1 Å². The number of thioether (sulfide) groups is 1. The molecule has 1 amide bonds. The van der Waals surface area contributed by atoms with Crippen LogP contribution in [0.3, 0.4) is 0 Å². The average molecular weight is 401 g/mol. The van der Waals surface area contributed by atoms with Crippen molar-refractivity contribution in [2.75, 3.05) is 11.1 Å². The summed E-state index contributed by atoms with van der Waals surface area (Å²) in [6.45, 7) is 9.34. The van der Waals surface area contributed by atoms with Crippen molar-refractivity contribution >= 4 is 40.6 Å². The van der Waals surface area contributed by atoms with E-state index < -0.39 is 17.6 Å². The van der Waals surface area contributed by atoms with Gasteiger partial charge in [0, 0.05) is 5.75 Å². The first-order valence-corrected chi connectivity index (χ1v) is 10.3. The number of para-hydroxylation sites is 1. The lowest BCUT2D eigenvalue weighted by atomic mass is 10.0. The van der Waals surface area contributed by atoms with Crippen LogP contribution < -0.4 is 5.32 Å². The predicted octanol–water partition coefficient (Wildman–Crippen LogP) is 3.18. The third kappa shape index (κ3) is 3.15. The minimum absolute atomic E-state index is 0.144. The minimum Gasteiger partial charge on any atom is -0.455 e. The summed E-state index contributed by atoms with van der Waals surface area (Å²) in [7, 11) is 0. The van der Waals surface area contributed by atoms with E-state index in [1.54, 1.807) is 16.7 Å². The summed E-state index contributed by atoms with van der Waals surface area (Å²) in [5.41, 5.74) is 3.51. The first-order valence-electron chi connectivity index (χ1n) is 9.25. The molecule has 28 heavy (non-hydrogen) atoms. The van der Waals surface area contributed by atoms with Crippen molar-refractivity contribution in [2.24, 2.45) is 0 Å². The minimum atomic E-state index is -0.609. The molecule has 1 fully saturated rings. The van der Waals surface area contributed by atoms with E-state index in [2.05, 4.69) is 15.3 Å². The van der Waals surface area contributed by atoms with Gasteiger partial charge < -0.3 is 15.0 Å². The van der Waals surface area contributed by atoms with Crippen molar-refractivity contribution in [3.8, 4) is 0 Å². The van der Waals surface area contributed by atoms with Crippen LogP contribution in [0, 0.1) is 6.92 Å². The van der Waals surface area contributed by atoms with Crippen LogP contribution in [-0.2, 0) is 14.3 Å². The Kier molecular flexibility index (Phi) is 4.41. The Labute approximate surface area is 167 Å². The molecule has 2 aliphatic rings. The molecule has 0 bridgehead atoms. The quantitative estimate of drug-likeness (QED) is 0.608. The number of amides is 1. The highest BCUT2D eigenvalue weighted by molar-refractivity contribution is 8.00. The van der Waals surface area contributed by atoms with Gasteiger partial charge in [0.05, 0.1) is 11.0 Å². The first-order chi connectivity index (χ1) is 13.2. The molecule has 0 saturated carbocycles. The summed E-state index contributed by atoms with van der Waals surface area (Å²) in [5, 5.41) is 3.05. The lowest BCUT2D eigenvalue weighted by Crippen LogP contribution is -2.67. The molecule has 2 aromatic rings. The second kappa shape index (κ2) is 6.55. The lowest BCUT2D eigenvalue weighted by molar-refractivity contribution is -0.157. The van der Waals surface area contributed by atoms with E-state index in [-0.39, 0.29) is 11.3 Å². The van der Waals surface area contributed by atoms with E-state index in [4.69, 9.17) is 4.74 Å². The summed E-state index contributed by atoms with van der Waals surface area (Å²) >= 11 is 1.64. The SMILES string of the molecule is CC1=C(C(=O)OC(C)(C)C)N2C(=O)C(Nc3nc4c(C)cccc4[nH]3)[C@@H]2SC1. The van der Waals surface area contributed by atoms with Gasteiger partial charge in [-0.25, -0.2) is 9.78 Å². The number of nitrogens with zero attached hydrogens (tertiary/aromatic N) is 2. The van der Waals surface area contributed by atoms with Crippen LogP contribution >= 0.6 is 11.8 Å². The second-order valence-corrected chi connectivity index (χ2v) is 9.32. The summed E-state index contributed by atoms with van der Waals surface area (Å²) < 4.78 is 5.52. The lowest BCUT2D eigenvalue weighted by Gasteiger charge is -2.49. The van der Waals surface area contributed by atoms with Crippen LogP contribution in [0.1, 0.15) is 33.3 Å². The number of H-pyrrole nitrogens is 1. The number of benzene rings is 1. The second-order valence-electron chi connectivity index (χ2n) is 8.22. The third-order valence-electron chi connectivity index (χ3n) is 4.76. The van der Waals surface area contributed by atoms with Crippen molar-refractivity contribution in [2.45, 2.75) is 51.6 Å². The van der Waals surface area contributed by atoms with E-state index >= 15 is 0 Å². The van der Waals surface area contributed by atoms with Gasteiger partial charge in [-0.05, 0) is 51.8 Å². The molecule has 1 unspecified atom stereocenters. The van der Waals surface area contributed by atoms with Gasteiger partial charge in [-0.2, -0.15) is 0 Å². The molecule has 0 radical (unpaired) electrons. The Morgan fingerprint density at radius 1 is 1.36 bits per heavy atom. The van der Waals surface area contributed by atoms with Crippen LogP contribution in [0.25, 0.3) is 11.0 Å². The van der Waals surface area contributed by atoms with Gasteiger partial charge in [0.15, 0.2) is 0 Å². The standard InChI is InChI=1S/C20H24N4O3S/c1-10-7-6-8-12-13(10)22-19(21-12)23-14-16(25)24-15(11(2)9-28-17(14)24)18(26)27-20(3,4)5/h6-8,14,17H,9H2,1-5H3,(H2,21,22,23)/t14?,17-/m0/s1. The topological polar surface area (TPSA) is 87.3 Å². The molecule has 3 heterocycles. The number of rotatable bonds is 3. The van der Waals surface area contributed by atoms with Gasteiger partial charge >= 0.3 is 5.97 Å². The predicted molar refractivity (Wildman–Crippen MR) is 110 cm³/mol. The number of carbonyl (C=O) groups is 2. The van der Waals surface area contributed by atoms with Gasteiger partial charge in [-0.3, -0.25) is 9.69 Å². The van der Waals surface area contributed by atoms with E-state index in [1.165, 1.54) is 0 Å². The number of nitrogens with one attached hydrogen (secondary N) is 2. The van der Waals surface area contributed by atoms with Crippen LogP contribution in [-0.4, -0.2) is 49.5 Å². The largest absolute Gasteiger partial charge is 0.455 e. The van der Waals surface area contributed by atoms with Crippen molar-refractivity contribution in [1.82, 2.24) is 14.9 Å². The summed E-state index contributed by atoms with van der Waals surface area (Å²) in [4.78, 5) is 34.9. The van der Waals surface area contributed by atoms with E-state index in [1.807, 2.05) is 52.8 Å². The molecule has 148 valence electrons. The normalized spacial score (nSPS) is 22.2. The molecule has 1 saturated heterocycles. The van der Waals surface area contributed by atoms with Crippen molar-refractivity contribution in [1.29, 1.82) is 0 Å². The molecule has 1 aromatic carbocycles. The molecule has 2 N–H and O–H groups in total. The van der Waals surface area contributed by atoms with Gasteiger partial charge in [0.1, 0.15) is 22.7 Å². The van der Waals surface area contributed by atoms with Crippen molar-refractivity contribution in [3.05, 3.63) is 35.0 Å². The number of hydrogen-bond donors (Lipinski definition) is 2. The number of β-lactam (4-membered cyclic amide) rings is 1. The number of imidazole rings is 1. The molecular formula is C20H24N4O3S. The van der Waals surface area contributed by atoms with Crippen LogP contribution in [0.2, 0.25) is 0 Å². The highest BCUT2D eigenvalue weighted by atomic mass is 32.2. The summed E-state index contributed by atoms with van der Waals surface area (Å²) in [6.07, 6.45) is 0. The number of hydrogen-bond acceptors (Lipinski definition) is 6. The summed E-state index contributed by atoms with van der Waals surface area (Å²) in [6, 6.07) is 5.49. The fourth-order valence-corrected chi connectivity index (χ4v) is 4.77. The molecule has 8 heteroatoms. The van der Waals surface area contributed by atoms with E-state index in [9.17, 15) is 9.59 Å². The molecule has 2 atom stereocenters. The number of fused-ring (bicyclic) bond motifs is 2. The first kappa shape index (κ1) is 18.9. The van der Waals surface area contributed by atoms with Crippen molar-refractivity contribution in [3.63, 3.8) is 0 Å². The Hall–Kier alpha value is -2.48. The van der Waals surface area contributed by atoms with Crippen LogP contribution in [0.15, 0.2) is 29.5 Å². The molecule has 0 aliphatic carbocycles. The number of ether oxygens (including phenoxy) is 1. The molecular weight excluding hydrogens is 376 g/mol. The maximum atomic E-state index is 12.9. The molecule has 4 rings (SSSR count). The molecule has 2 aliphatic heterocycles. The monoisotopic (exact) mass is 400 g/mol. The van der Waals surface area contributed by atoms with Gasteiger partial charge in [0.25, 0.3) is 5.91 Å². The maximum absolute atomic E-state index is 12.9. The number of aromatic nitrogens is 2. The van der Waals surface area contributed by atoms with Crippen LogP contribution in [0.5, 0.6) is 0 Å². The number of esters is 1. The fraction of sp³-hybridized carbons (Fsp3) is 0.450. The third-order valence-corrected chi connectivity index (χ3v) is 6.18. The van der Waals surface area contributed by atoms with Gasteiger partial charge in [0.2, 0.25) is 5.95 Å². The number of carbonyl (C=O) groups excluding carboxylic acids is 2. The Morgan fingerprint density at radius 2 is 2.11 bits per heavy atom. The zero-order valence-corrected chi connectivity index (χ0v) is 17.4. The van der Waals surface area contributed by atoms with E-state index in [0.29, 0.717) is 17.4 Å². The number of aromatic amines is 1. The van der Waals surface area contributed by atoms with Gasteiger partial charge in [-0.15, -0.1) is 11.8 Å². The average Bonchev–Trinajstić information content (AvgIpc) is 3.02. The zero-order valence-electron chi connectivity index (χ0n) is 16.6. The highest BCUT2D eigenvalue weighted by Gasteiger charge is 2.54. The molecule has 7 nitrogen and oxygen atoms in total. The Morgan fingerprint density at radius 3 is 2.79 bits per heavy atom.